The molecule has 0 radical (unpaired) electrons. The first-order valence-corrected chi connectivity index (χ1v) is 14.1. The molecular weight excluding hydrogens is 502 g/mol. The molecule has 0 aliphatic carbocycles. The minimum atomic E-state index is -3.91. The molecule has 0 spiro atoms. The molecule has 3 aromatic rings. The lowest BCUT2D eigenvalue weighted by Crippen LogP contribution is -2.52. The van der Waals surface area contributed by atoms with E-state index in [0.717, 1.165) is 22.6 Å². The van der Waals surface area contributed by atoms with Crippen molar-refractivity contribution in [2.75, 3.05) is 58.4 Å². The van der Waals surface area contributed by atoms with Crippen LogP contribution in [0.1, 0.15) is 11.1 Å². The maximum Gasteiger partial charge on any atom is 0.243 e. The summed E-state index contributed by atoms with van der Waals surface area (Å²) in [7, 11) is -0.715. The number of nitrogens with zero attached hydrogens (tertiary/aromatic N) is 3. The van der Waals surface area contributed by atoms with E-state index in [1.54, 1.807) is 38.2 Å². The monoisotopic (exact) mass is 537 g/mol. The average Bonchev–Trinajstić information content (AvgIpc) is 2.95. The van der Waals surface area contributed by atoms with Gasteiger partial charge in [-0.3, -0.25) is 4.79 Å². The Labute approximate surface area is 225 Å². The highest BCUT2D eigenvalue weighted by molar-refractivity contribution is 7.89. The molecule has 0 N–H and O–H groups in total. The van der Waals surface area contributed by atoms with E-state index in [1.165, 1.54) is 10.4 Å². The van der Waals surface area contributed by atoms with Crippen molar-refractivity contribution in [2.45, 2.75) is 18.2 Å². The van der Waals surface area contributed by atoms with Crippen molar-refractivity contribution in [1.29, 1.82) is 0 Å². The Hall–Kier alpha value is -3.56. The lowest BCUT2D eigenvalue weighted by molar-refractivity contribution is -0.131. The third kappa shape index (κ3) is 6.28. The minimum Gasteiger partial charge on any atom is -0.496 e. The molecular formula is C29H35N3O5S. The summed E-state index contributed by atoms with van der Waals surface area (Å²) >= 11 is 0. The number of carbonyl (C=O) groups excluding carboxylic acids is 1. The minimum absolute atomic E-state index is 0.151. The molecule has 1 saturated heterocycles. The molecule has 0 unspecified atom stereocenters. The van der Waals surface area contributed by atoms with Gasteiger partial charge in [-0.05, 0) is 54.8 Å². The zero-order chi connectivity index (χ0) is 27.1. The first kappa shape index (κ1) is 27.5. The molecule has 1 aliphatic heterocycles. The van der Waals surface area contributed by atoms with Crippen molar-refractivity contribution in [1.82, 2.24) is 9.21 Å². The van der Waals surface area contributed by atoms with E-state index < -0.39 is 10.0 Å². The van der Waals surface area contributed by atoms with Crippen LogP contribution < -0.4 is 14.4 Å². The van der Waals surface area contributed by atoms with Crippen molar-refractivity contribution in [3.8, 4) is 11.5 Å². The summed E-state index contributed by atoms with van der Waals surface area (Å²) in [5, 5.41) is 0. The number of aryl methyl sites for hydroxylation is 1. The molecule has 1 fully saturated rings. The SMILES string of the molecule is COc1ccc(S(=O)(=O)N(CCc2ccccc2)CC(=O)N2CCN(c3ccccc3OC)CC2)cc1C. The number of amides is 1. The Balaban J connectivity index is 1.49. The van der Waals surface area contributed by atoms with E-state index in [0.29, 0.717) is 38.3 Å². The van der Waals surface area contributed by atoms with E-state index in [1.807, 2.05) is 54.6 Å². The molecule has 202 valence electrons. The van der Waals surface area contributed by atoms with Gasteiger partial charge < -0.3 is 19.3 Å². The highest BCUT2D eigenvalue weighted by atomic mass is 32.2. The van der Waals surface area contributed by atoms with Gasteiger partial charge >= 0.3 is 0 Å². The fourth-order valence-corrected chi connectivity index (χ4v) is 6.16. The Morgan fingerprint density at radius 3 is 2.18 bits per heavy atom. The highest BCUT2D eigenvalue weighted by Crippen LogP contribution is 2.29. The Morgan fingerprint density at radius 2 is 1.53 bits per heavy atom. The van der Waals surface area contributed by atoms with Crippen LogP contribution in [0, 0.1) is 6.92 Å². The second kappa shape index (κ2) is 12.3. The van der Waals surface area contributed by atoms with E-state index >= 15 is 0 Å². The Morgan fingerprint density at radius 1 is 0.868 bits per heavy atom. The van der Waals surface area contributed by atoms with Crippen LogP contribution in [0.2, 0.25) is 0 Å². The molecule has 1 heterocycles. The van der Waals surface area contributed by atoms with Crippen molar-refractivity contribution < 1.29 is 22.7 Å². The van der Waals surface area contributed by atoms with Gasteiger partial charge in [-0.1, -0.05) is 42.5 Å². The van der Waals surface area contributed by atoms with Crippen LogP contribution in [0.5, 0.6) is 11.5 Å². The predicted octanol–water partition coefficient (Wildman–Crippen LogP) is 3.59. The number of para-hydroxylation sites is 2. The molecule has 0 saturated carbocycles. The fraction of sp³-hybridized carbons (Fsp3) is 0.345. The predicted molar refractivity (Wildman–Crippen MR) is 148 cm³/mol. The topological polar surface area (TPSA) is 79.4 Å². The van der Waals surface area contributed by atoms with E-state index in [2.05, 4.69) is 4.90 Å². The molecule has 1 amide bonds. The number of methoxy groups -OCH3 is 2. The fourth-order valence-electron chi connectivity index (χ4n) is 4.68. The van der Waals surface area contributed by atoms with Crippen LogP contribution >= 0.6 is 0 Å². The smallest absolute Gasteiger partial charge is 0.243 e. The summed E-state index contributed by atoms with van der Waals surface area (Å²) in [5.74, 6) is 1.20. The molecule has 3 aromatic carbocycles. The van der Waals surface area contributed by atoms with Gasteiger partial charge in [0.15, 0.2) is 0 Å². The number of carbonyl (C=O) groups is 1. The highest BCUT2D eigenvalue weighted by Gasteiger charge is 2.30. The number of anilines is 1. The molecule has 0 aromatic heterocycles. The number of hydrogen-bond acceptors (Lipinski definition) is 6. The zero-order valence-corrected chi connectivity index (χ0v) is 23.0. The van der Waals surface area contributed by atoms with Gasteiger partial charge in [0.25, 0.3) is 0 Å². The van der Waals surface area contributed by atoms with Crippen LogP contribution in [0.25, 0.3) is 0 Å². The van der Waals surface area contributed by atoms with Crippen molar-refractivity contribution in [2.24, 2.45) is 0 Å². The summed E-state index contributed by atoms with van der Waals surface area (Å²) in [6.07, 6.45) is 0.504. The van der Waals surface area contributed by atoms with Crippen molar-refractivity contribution >= 4 is 21.6 Å². The molecule has 0 atom stereocenters. The van der Waals surface area contributed by atoms with Crippen LogP contribution in [-0.2, 0) is 21.2 Å². The first-order valence-electron chi connectivity index (χ1n) is 12.7. The lowest BCUT2D eigenvalue weighted by Gasteiger charge is -2.37. The van der Waals surface area contributed by atoms with Crippen LogP contribution in [0.4, 0.5) is 5.69 Å². The number of piperazine rings is 1. The molecule has 0 bridgehead atoms. The van der Waals surface area contributed by atoms with Gasteiger partial charge in [0.05, 0.1) is 31.3 Å². The second-order valence-corrected chi connectivity index (χ2v) is 11.2. The summed E-state index contributed by atoms with van der Waals surface area (Å²) in [6, 6.07) is 22.3. The average molecular weight is 538 g/mol. The maximum atomic E-state index is 13.7. The third-order valence-electron chi connectivity index (χ3n) is 6.87. The van der Waals surface area contributed by atoms with E-state index in [-0.39, 0.29) is 23.9 Å². The number of sulfonamides is 1. The van der Waals surface area contributed by atoms with Crippen molar-refractivity contribution in [3.63, 3.8) is 0 Å². The van der Waals surface area contributed by atoms with Crippen LogP contribution in [-0.4, -0.2) is 77.0 Å². The summed E-state index contributed by atoms with van der Waals surface area (Å²) in [5.41, 5.74) is 2.72. The summed E-state index contributed by atoms with van der Waals surface area (Å²) in [6.45, 7) is 4.08. The second-order valence-electron chi connectivity index (χ2n) is 9.25. The zero-order valence-electron chi connectivity index (χ0n) is 22.2. The van der Waals surface area contributed by atoms with E-state index in [9.17, 15) is 13.2 Å². The van der Waals surface area contributed by atoms with Gasteiger partial charge in [-0.25, -0.2) is 8.42 Å². The number of hydrogen-bond donors (Lipinski definition) is 0. The Bertz CT molecular complexity index is 1340. The van der Waals surface area contributed by atoms with Gasteiger partial charge in [0.1, 0.15) is 11.5 Å². The van der Waals surface area contributed by atoms with Crippen LogP contribution in [0.15, 0.2) is 77.7 Å². The van der Waals surface area contributed by atoms with Crippen molar-refractivity contribution in [3.05, 3.63) is 83.9 Å². The summed E-state index contributed by atoms with van der Waals surface area (Å²) in [4.78, 5) is 17.5. The third-order valence-corrected chi connectivity index (χ3v) is 8.71. The number of rotatable bonds is 10. The van der Waals surface area contributed by atoms with Crippen LogP contribution in [0.3, 0.4) is 0 Å². The molecule has 4 rings (SSSR count). The van der Waals surface area contributed by atoms with Gasteiger partial charge in [-0.2, -0.15) is 4.31 Å². The van der Waals surface area contributed by atoms with E-state index in [4.69, 9.17) is 9.47 Å². The standard InChI is InChI=1S/C29H35N3O5S/c1-23-21-25(13-14-27(23)36-2)38(34,35)32(16-15-24-9-5-4-6-10-24)22-29(33)31-19-17-30(18-20-31)26-11-7-8-12-28(26)37-3/h4-14,21H,15-20,22H2,1-3H3. The lowest BCUT2D eigenvalue weighted by atomic mass is 10.1. The maximum absolute atomic E-state index is 13.7. The number of ether oxygens (including phenoxy) is 2. The normalized spacial score (nSPS) is 14.0. The molecule has 9 heteroatoms. The first-order chi connectivity index (χ1) is 18.3. The summed E-state index contributed by atoms with van der Waals surface area (Å²) < 4.78 is 39.5. The number of benzene rings is 3. The molecule has 1 aliphatic rings. The largest absolute Gasteiger partial charge is 0.496 e. The van der Waals surface area contributed by atoms with Gasteiger partial charge in [-0.15, -0.1) is 0 Å². The van der Waals surface area contributed by atoms with Gasteiger partial charge in [0, 0.05) is 32.7 Å². The molecule has 38 heavy (non-hydrogen) atoms. The molecule has 8 nitrogen and oxygen atoms in total. The quantitative estimate of drug-likeness (QED) is 0.393. The Kier molecular flexibility index (Phi) is 8.91. The van der Waals surface area contributed by atoms with Gasteiger partial charge in [0.2, 0.25) is 15.9 Å².